The van der Waals surface area contributed by atoms with E-state index in [0.29, 0.717) is 6.04 Å². The molecule has 1 heterocycles. The van der Waals surface area contributed by atoms with Crippen molar-refractivity contribution in [1.29, 1.82) is 0 Å². The fourth-order valence-electron chi connectivity index (χ4n) is 4.29. The molecule has 5 heteroatoms. The molecular formula is C18H26N2O3. The van der Waals surface area contributed by atoms with Crippen molar-refractivity contribution < 1.29 is 14.3 Å². The second kappa shape index (κ2) is 6.40. The monoisotopic (exact) mass is 318 g/mol. The third-order valence-electron chi connectivity index (χ3n) is 5.55. The summed E-state index contributed by atoms with van der Waals surface area (Å²) in [5.74, 6) is 1.59. The fraction of sp³-hybridized carbons (Fsp3) is 0.611. The Bertz CT molecular complexity index is 602. The summed E-state index contributed by atoms with van der Waals surface area (Å²) in [6, 6.07) is 6.84. The van der Waals surface area contributed by atoms with Gasteiger partial charge in [-0.15, -0.1) is 0 Å². The van der Waals surface area contributed by atoms with E-state index in [1.165, 1.54) is 17.7 Å². The first-order valence-corrected chi connectivity index (χ1v) is 8.16. The third kappa shape index (κ3) is 2.67. The summed E-state index contributed by atoms with van der Waals surface area (Å²) in [5, 5.41) is 4.21. The van der Waals surface area contributed by atoms with E-state index < -0.39 is 0 Å². The van der Waals surface area contributed by atoms with Crippen LogP contribution in [0.5, 0.6) is 11.5 Å². The van der Waals surface area contributed by atoms with Crippen LogP contribution in [0.25, 0.3) is 0 Å². The first-order valence-electron chi connectivity index (χ1n) is 8.16. The van der Waals surface area contributed by atoms with E-state index in [-0.39, 0.29) is 5.41 Å². The van der Waals surface area contributed by atoms with Gasteiger partial charge in [0.25, 0.3) is 0 Å². The molecule has 1 aromatic rings. The standard InChI is InChI=1S/C18H26N2O3/c1-20-10-9-18(8-7-14(19-23-4)12-17(18)20)13-5-6-15(21-2)16(11-13)22-3/h5-6,11,17H,7-10,12H2,1-4H3/b19-14-/t17-,18-/m0/s1. The van der Waals surface area contributed by atoms with Gasteiger partial charge in [-0.05, 0) is 50.6 Å². The van der Waals surface area contributed by atoms with Gasteiger partial charge in [-0.25, -0.2) is 0 Å². The van der Waals surface area contributed by atoms with Crippen molar-refractivity contribution in [1.82, 2.24) is 4.90 Å². The number of benzene rings is 1. The van der Waals surface area contributed by atoms with Crippen LogP contribution < -0.4 is 9.47 Å². The lowest BCUT2D eigenvalue weighted by Gasteiger charge is -2.42. The van der Waals surface area contributed by atoms with Crippen molar-refractivity contribution in [2.45, 2.75) is 37.1 Å². The lowest BCUT2D eigenvalue weighted by Crippen LogP contribution is -2.46. The van der Waals surface area contributed by atoms with Gasteiger partial charge in [0.2, 0.25) is 0 Å². The Morgan fingerprint density at radius 3 is 2.61 bits per heavy atom. The summed E-state index contributed by atoms with van der Waals surface area (Å²) in [6.07, 6.45) is 4.23. The predicted octanol–water partition coefficient (Wildman–Crippen LogP) is 2.83. The van der Waals surface area contributed by atoms with Crippen LogP contribution in [0.4, 0.5) is 0 Å². The van der Waals surface area contributed by atoms with E-state index in [1.807, 2.05) is 6.07 Å². The lowest BCUT2D eigenvalue weighted by molar-refractivity contribution is 0.195. The maximum atomic E-state index is 5.52. The second-order valence-corrected chi connectivity index (χ2v) is 6.52. The summed E-state index contributed by atoms with van der Waals surface area (Å²) in [7, 11) is 7.21. The Morgan fingerprint density at radius 1 is 1.13 bits per heavy atom. The number of rotatable bonds is 4. The molecule has 2 aliphatic rings. The van der Waals surface area contributed by atoms with E-state index in [0.717, 1.165) is 37.3 Å². The molecule has 0 aromatic heterocycles. The maximum absolute atomic E-state index is 5.52. The number of fused-ring (bicyclic) bond motifs is 1. The van der Waals surface area contributed by atoms with Crippen LogP contribution in [0.1, 0.15) is 31.2 Å². The number of hydrogen-bond donors (Lipinski definition) is 0. The molecule has 0 amide bonds. The number of nitrogens with zero attached hydrogens (tertiary/aromatic N) is 2. The maximum Gasteiger partial charge on any atom is 0.161 e. The van der Waals surface area contributed by atoms with Crippen molar-refractivity contribution in [3.63, 3.8) is 0 Å². The van der Waals surface area contributed by atoms with E-state index in [2.05, 4.69) is 29.2 Å². The summed E-state index contributed by atoms with van der Waals surface area (Å²) < 4.78 is 10.9. The highest BCUT2D eigenvalue weighted by Gasteiger charge is 2.50. The number of hydrogen-bond acceptors (Lipinski definition) is 5. The Labute approximate surface area is 138 Å². The van der Waals surface area contributed by atoms with Gasteiger partial charge >= 0.3 is 0 Å². The summed E-state index contributed by atoms with van der Waals surface area (Å²) in [4.78, 5) is 7.46. The van der Waals surface area contributed by atoms with Crippen molar-refractivity contribution >= 4 is 5.71 Å². The number of likely N-dealkylation sites (N-methyl/N-ethyl adjacent to an activating group) is 1. The molecular weight excluding hydrogens is 292 g/mol. The van der Waals surface area contributed by atoms with Crippen LogP contribution in [0, 0.1) is 0 Å². The molecule has 5 nitrogen and oxygen atoms in total. The van der Waals surface area contributed by atoms with Crippen molar-refractivity contribution in [2.75, 3.05) is 34.9 Å². The molecule has 0 radical (unpaired) electrons. The molecule has 3 rings (SSSR count). The van der Waals surface area contributed by atoms with Crippen LogP contribution in [0.3, 0.4) is 0 Å². The van der Waals surface area contributed by atoms with Crippen LogP contribution in [0.2, 0.25) is 0 Å². The molecule has 1 saturated heterocycles. The van der Waals surface area contributed by atoms with Gasteiger partial charge in [-0.3, -0.25) is 0 Å². The normalized spacial score (nSPS) is 29.4. The summed E-state index contributed by atoms with van der Waals surface area (Å²) in [5.41, 5.74) is 2.68. The smallest absolute Gasteiger partial charge is 0.161 e. The van der Waals surface area contributed by atoms with Crippen LogP contribution in [-0.2, 0) is 10.3 Å². The van der Waals surface area contributed by atoms with E-state index in [4.69, 9.17) is 14.3 Å². The SMILES string of the molecule is CO/N=C1/CC[C@@]2(c3ccc(OC)c(OC)c3)CCN(C)[C@H]2C1. The van der Waals surface area contributed by atoms with Crippen molar-refractivity contribution in [2.24, 2.45) is 5.16 Å². The van der Waals surface area contributed by atoms with Gasteiger partial charge in [0, 0.05) is 17.9 Å². The van der Waals surface area contributed by atoms with E-state index in [9.17, 15) is 0 Å². The average Bonchev–Trinajstić information content (AvgIpc) is 2.92. The Balaban J connectivity index is 1.98. The highest BCUT2D eigenvalue weighted by Crippen LogP contribution is 2.49. The third-order valence-corrected chi connectivity index (χ3v) is 5.55. The van der Waals surface area contributed by atoms with Gasteiger partial charge in [0.05, 0.1) is 19.9 Å². The Hall–Kier alpha value is -1.75. The fourth-order valence-corrected chi connectivity index (χ4v) is 4.29. The average molecular weight is 318 g/mol. The van der Waals surface area contributed by atoms with Gasteiger partial charge < -0.3 is 19.2 Å². The zero-order valence-electron chi connectivity index (χ0n) is 14.5. The minimum Gasteiger partial charge on any atom is -0.493 e. The molecule has 0 spiro atoms. The zero-order chi connectivity index (χ0) is 16.4. The molecule has 2 atom stereocenters. The predicted molar refractivity (Wildman–Crippen MR) is 90.6 cm³/mol. The lowest BCUT2D eigenvalue weighted by atomic mass is 9.65. The molecule has 1 saturated carbocycles. The van der Waals surface area contributed by atoms with Crippen LogP contribution >= 0.6 is 0 Å². The molecule has 0 bridgehead atoms. The molecule has 1 aliphatic carbocycles. The Kier molecular flexibility index (Phi) is 4.48. The summed E-state index contributed by atoms with van der Waals surface area (Å²) in [6.45, 7) is 1.11. The van der Waals surface area contributed by atoms with Gasteiger partial charge in [-0.2, -0.15) is 0 Å². The van der Waals surface area contributed by atoms with E-state index >= 15 is 0 Å². The largest absolute Gasteiger partial charge is 0.493 e. The second-order valence-electron chi connectivity index (χ2n) is 6.52. The first-order chi connectivity index (χ1) is 11.1. The number of likely N-dealkylation sites (tertiary alicyclic amines) is 1. The molecule has 2 fully saturated rings. The van der Waals surface area contributed by atoms with E-state index in [1.54, 1.807) is 21.3 Å². The zero-order valence-corrected chi connectivity index (χ0v) is 14.5. The quantitative estimate of drug-likeness (QED) is 0.801. The van der Waals surface area contributed by atoms with Gasteiger partial charge in [0.1, 0.15) is 7.11 Å². The highest BCUT2D eigenvalue weighted by atomic mass is 16.6. The van der Waals surface area contributed by atoms with Crippen LogP contribution in [0.15, 0.2) is 23.4 Å². The number of methoxy groups -OCH3 is 2. The van der Waals surface area contributed by atoms with Gasteiger partial charge in [-0.1, -0.05) is 11.2 Å². The van der Waals surface area contributed by atoms with Crippen LogP contribution in [-0.4, -0.2) is 51.6 Å². The highest BCUT2D eigenvalue weighted by molar-refractivity contribution is 5.86. The number of oxime groups is 1. The minimum absolute atomic E-state index is 0.168. The van der Waals surface area contributed by atoms with Crippen molar-refractivity contribution in [3.8, 4) is 11.5 Å². The molecule has 0 unspecified atom stereocenters. The van der Waals surface area contributed by atoms with Gasteiger partial charge in [0.15, 0.2) is 11.5 Å². The molecule has 1 aliphatic heterocycles. The topological polar surface area (TPSA) is 43.3 Å². The minimum atomic E-state index is 0.168. The Morgan fingerprint density at radius 2 is 1.91 bits per heavy atom. The molecule has 126 valence electrons. The first kappa shape index (κ1) is 16.1. The number of ether oxygens (including phenoxy) is 2. The van der Waals surface area contributed by atoms with Crippen molar-refractivity contribution in [3.05, 3.63) is 23.8 Å². The molecule has 1 aromatic carbocycles. The summed E-state index contributed by atoms with van der Waals surface area (Å²) >= 11 is 0. The molecule has 23 heavy (non-hydrogen) atoms. The molecule has 0 N–H and O–H groups in total.